The van der Waals surface area contributed by atoms with Gasteiger partial charge in [-0.2, -0.15) is 0 Å². The number of aliphatic hydroxyl groups excluding tert-OH is 1. The number of nitrogens with zero attached hydrogens (tertiary/aromatic N) is 5. The molecule has 7 nitrogen and oxygen atoms in total. The van der Waals surface area contributed by atoms with Gasteiger partial charge in [-0.15, -0.1) is 5.10 Å². The van der Waals surface area contributed by atoms with Gasteiger partial charge in [-0.05, 0) is 16.8 Å². The Morgan fingerprint density at radius 3 is 3.18 bits per heavy atom. The lowest BCUT2D eigenvalue weighted by molar-refractivity contribution is -0.0327. The quantitative estimate of drug-likeness (QED) is 0.733. The second-order valence-electron chi connectivity index (χ2n) is 4.20. The van der Waals surface area contributed by atoms with Gasteiger partial charge in [0.15, 0.2) is 5.82 Å². The maximum absolute atomic E-state index is 9.28. The fourth-order valence-corrected chi connectivity index (χ4v) is 1.97. The molecule has 2 heterocycles. The predicted molar refractivity (Wildman–Crippen MR) is 60.2 cm³/mol. The molecule has 1 saturated heterocycles. The lowest BCUT2D eigenvalue weighted by Gasteiger charge is -2.33. The molecule has 0 radical (unpaired) electrons. The molecule has 0 spiro atoms. The number of aromatic nitrogens is 4. The summed E-state index contributed by atoms with van der Waals surface area (Å²) in [6.07, 6.45) is 1.00. The van der Waals surface area contributed by atoms with E-state index in [0.29, 0.717) is 19.8 Å². The minimum atomic E-state index is 0.0514. The Hall–Kier alpha value is -1.05. The minimum absolute atomic E-state index is 0.0514. The third-order valence-electron chi connectivity index (χ3n) is 2.95. The molecular weight excluding hydrogens is 222 g/mol. The molecule has 1 unspecified atom stereocenters. The van der Waals surface area contributed by atoms with Gasteiger partial charge in [-0.25, -0.2) is 4.68 Å². The summed E-state index contributed by atoms with van der Waals surface area (Å²) in [6, 6.07) is 0.0514. The van der Waals surface area contributed by atoms with Crippen LogP contribution in [-0.4, -0.2) is 62.6 Å². The Balaban J connectivity index is 2.00. The SMILES string of the molecule is CCCn1nnnc1CN1CCOCC1CO. The van der Waals surface area contributed by atoms with Gasteiger partial charge in [0.05, 0.1) is 32.4 Å². The van der Waals surface area contributed by atoms with Crippen molar-refractivity contribution in [1.29, 1.82) is 0 Å². The van der Waals surface area contributed by atoms with E-state index in [0.717, 1.165) is 25.3 Å². The highest BCUT2D eigenvalue weighted by Crippen LogP contribution is 2.10. The molecule has 1 N–H and O–H groups in total. The van der Waals surface area contributed by atoms with Crippen molar-refractivity contribution >= 4 is 0 Å². The van der Waals surface area contributed by atoms with E-state index < -0.39 is 0 Å². The summed E-state index contributed by atoms with van der Waals surface area (Å²) in [5.74, 6) is 0.854. The standard InChI is InChI=1S/C10H19N5O2/c1-2-3-15-10(11-12-13-15)6-14-4-5-17-8-9(14)7-16/h9,16H,2-8H2,1H3. The van der Waals surface area contributed by atoms with Crippen LogP contribution >= 0.6 is 0 Å². The molecular formula is C10H19N5O2. The highest BCUT2D eigenvalue weighted by atomic mass is 16.5. The lowest BCUT2D eigenvalue weighted by Crippen LogP contribution is -2.47. The Labute approximate surface area is 100 Å². The molecule has 1 atom stereocenters. The first-order chi connectivity index (χ1) is 8.35. The molecule has 1 fully saturated rings. The van der Waals surface area contributed by atoms with E-state index in [1.54, 1.807) is 0 Å². The summed E-state index contributed by atoms with van der Waals surface area (Å²) in [5, 5.41) is 21.0. The van der Waals surface area contributed by atoms with E-state index in [2.05, 4.69) is 27.3 Å². The van der Waals surface area contributed by atoms with Gasteiger partial charge in [-0.1, -0.05) is 6.92 Å². The van der Waals surface area contributed by atoms with Crippen molar-refractivity contribution in [3.8, 4) is 0 Å². The van der Waals surface area contributed by atoms with Crippen LogP contribution < -0.4 is 0 Å². The number of ether oxygens (including phenoxy) is 1. The molecule has 1 aromatic heterocycles. The molecule has 0 aliphatic carbocycles. The largest absolute Gasteiger partial charge is 0.395 e. The van der Waals surface area contributed by atoms with E-state index in [4.69, 9.17) is 4.74 Å². The first-order valence-corrected chi connectivity index (χ1v) is 6.02. The van der Waals surface area contributed by atoms with Crippen molar-refractivity contribution in [1.82, 2.24) is 25.1 Å². The van der Waals surface area contributed by atoms with Gasteiger partial charge in [0, 0.05) is 13.1 Å². The van der Waals surface area contributed by atoms with E-state index in [1.165, 1.54) is 0 Å². The lowest BCUT2D eigenvalue weighted by atomic mass is 10.2. The highest BCUT2D eigenvalue weighted by Gasteiger charge is 2.24. The first kappa shape index (κ1) is 12.4. The van der Waals surface area contributed by atoms with Crippen LogP contribution in [0, 0.1) is 0 Å². The predicted octanol–water partition coefficient (Wildman–Crippen LogP) is -0.724. The number of rotatable bonds is 5. The zero-order valence-corrected chi connectivity index (χ0v) is 10.1. The summed E-state index contributed by atoms with van der Waals surface area (Å²) in [4.78, 5) is 2.17. The van der Waals surface area contributed by atoms with Crippen LogP contribution in [0.2, 0.25) is 0 Å². The summed E-state index contributed by atoms with van der Waals surface area (Å²) in [7, 11) is 0. The van der Waals surface area contributed by atoms with Gasteiger partial charge < -0.3 is 9.84 Å². The van der Waals surface area contributed by atoms with Crippen molar-refractivity contribution in [3.05, 3.63) is 5.82 Å². The Bertz CT molecular complexity index is 343. The van der Waals surface area contributed by atoms with E-state index in [1.807, 2.05) is 4.68 Å². The molecule has 0 aromatic carbocycles. The first-order valence-electron chi connectivity index (χ1n) is 6.02. The summed E-state index contributed by atoms with van der Waals surface area (Å²) < 4.78 is 7.16. The normalized spacial score (nSPS) is 21.9. The number of hydrogen-bond donors (Lipinski definition) is 1. The minimum Gasteiger partial charge on any atom is -0.395 e. The molecule has 96 valence electrons. The number of morpholine rings is 1. The Kier molecular flexibility index (Phi) is 4.41. The molecule has 0 amide bonds. The zero-order chi connectivity index (χ0) is 12.1. The number of aryl methyl sites for hydroxylation is 1. The highest BCUT2D eigenvalue weighted by molar-refractivity contribution is 4.85. The van der Waals surface area contributed by atoms with E-state index in [-0.39, 0.29) is 12.6 Å². The van der Waals surface area contributed by atoms with Crippen molar-refractivity contribution in [2.24, 2.45) is 0 Å². The number of aliphatic hydroxyl groups is 1. The zero-order valence-electron chi connectivity index (χ0n) is 10.1. The molecule has 0 saturated carbocycles. The van der Waals surface area contributed by atoms with Crippen LogP contribution in [0.15, 0.2) is 0 Å². The van der Waals surface area contributed by atoms with Crippen molar-refractivity contribution < 1.29 is 9.84 Å². The summed E-state index contributed by atoms with van der Waals surface area (Å²) in [5.41, 5.74) is 0. The fourth-order valence-electron chi connectivity index (χ4n) is 1.97. The van der Waals surface area contributed by atoms with Crippen LogP contribution in [0.5, 0.6) is 0 Å². The van der Waals surface area contributed by atoms with Crippen LogP contribution in [-0.2, 0) is 17.8 Å². The second-order valence-corrected chi connectivity index (χ2v) is 4.20. The van der Waals surface area contributed by atoms with Gasteiger partial charge in [-0.3, -0.25) is 4.90 Å². The maximum atomic E-state index is 9.28. The number of tetrazole rings is 1. The van der Waals surface area contributed by atoms with E-state index in [9.17, 15) is 5.11 Å². The van der Waals surface area contributed by atoms with Gasteiger partial charge >= 0.3 is 0 Å². The smallest absolute Gasteiger partial charge is 0.165 e. The molecule has 1 aliphatic heterocycles. The third kappa shape index (κ3) is 2.99. The topological polar surface area (TPSA) is 76.3 Å². The molecule has 1 aliphatic rings. The Morgan fingerprint density at radius 2 is 2.41 bits per heavy atom. The monoisotopic (exact) mass is 241 g/mol. The summed E-state index contributed by atoms with van der Waals surface area (Å²) >= 11 is 0. The molecule has 2 rings (SSSR count). The number of hydrogen-bond acceptors (Lipinski definition) is 6. The fraction of sp³-hybridized carbons (Fsp3) is 0.900. The second kappa shape index (κ2) is 6.04. The van der Waals surface area contributed by atoms with Crippen LogP contribution in [0.25, 0.3) is 0 Å². The summed E-state index contributed by atoms with van der Waals surface area (Å²) in [6.45, 7) is 5.78. The van der Waals surface area contributed by atoms with Gasteiger partial charge in [0.25, 0.3) is 0 Å². The third-order valence-corrected chi connectivity index (χ3v) is 2.95. The van der Waals surface area contributed by atoms with Crippen molar-refractivity contribution in [2.45, 2.75) is 32.5 Å². The Morgan fingerprint density at radius 1 is 1.53 bits per heavy atom. The average molecular weight is 241 g/mol. The van der Waals surface area contributed by atoms with Gasteiger partial charge in [0.1, 0.15) is 0 Å². The van der Waals surface area contributed by atoms with Crippen LogP contribution in [0.3, 0.4) is 0 Å². The van der Waals surface area contributed by atoms with Crippen molar-refractivity contribution in [2.75, 3.05) is 26.4 Å². The van der Waals surface area contributed by atoms with Crippen LogP contribution in [0.1, 0.15) is 19.2 Å². The van der Waals surface area contributed by atoms with E-state index >= 15 is 0 Å². The molecule has 0 bridgehead atoms. The van der Waals surface area contributed by atoms with Crippen LogP contribution in [0.4, 0.5) is 0 Å². The van der Waals surface area contributed by atoms with Gasteiger partial charge in [0.2, 0.25) is 0 Å². The van der Waals surface area contributed by atoms with Crippen molar-refractivity contribution in [3.63, 3.8) is 0 Å². The maximum Gasteiger partial charge on any atom is 0.165 e. The molecule has 1 aromatic rings. The molecule has 7 heteroatoms. The molecule has 17 heavy (non-hydrogen) atoms. The average Bonchev–Trinajstić information content (AvgIpc) is 2.78.